The molecule has 0 aromatic heterocycles. The number of fused-ring (bicyclic) bond motifs is 1. The molecule has 1 atom stereocenters. The highest BCUT2D eigenvalue weighted by atomic mass is 19.1. The van der Waals surface area contributed by atoms with Crippen molar-refractivity contribution in [3.8, 4) is 11.5 Å². The van der Waals surface area contributed by atoms with Crippen molar-refractivity contribution in [2.24, 2.45) is 0 Å². The van der Waals surface area contributed by atoms with E-state index in [1.54, 1.807) is 24.3 Å². The zero-order valence-corrected chi connectivity index (χ0v) is 15.3. The van der Waals surface area contributed by atoms with Crippen LogP contribution < -0.4 is 20.1 Å². The molecule has 2 aliphatic rings. The molecule has 2 N–H and O–H groups in total. The van der Waals surface area contributed by atoms with E-state index < -0.39 is 23.8 Å². The molecule has 2 aliphatic heterocycles. The molecular formula is C20H18FN3O5. The van der Waals surface area contributed by atoms with Gasteiger partial charge in [-0.25, -0.2) is 9.18 Å². The average molecular weight is 399 g/mol. The molecule has 2 heterocycles. The van der Waals surface area contributed by atoms with Crippen LogP contribution in [-0.2, 0) is 16.1 Å². The normalized spacial score (nSPS) is 17.4. The maximum Gasteiger partial charge on any atom is 0.325 e. The van der Waals surface area contributed by atoms with Gasteiger partial charge in [0.05, 0.1) is 6.54 Å². The van der Waals surface area contributed by atoms with E-state index in [-0.39, 0.29) is 32.1 Å². The topological polar surface area (TPSA) is 97.0 Å². The summed E-state index contributed by atoms with van der Waals surface area (Å²) in [5.41, 5.74) is 1.06. The molecule has 2 aromatic rings. The van der Waals surface area contributed by atoms with Crippen molar-refractivity contribution in [3.05, 3.63) is 53.8 Å². The number of benzene rings is 2. The fourth-order valence-corrected chi connectivity index (χ4v) is 3.21. The van der Waals surface area contributed by atoms with Crippen molar-refractivity contribution >= 4 is 23.5 Å². The van der Waals surface area contributed by atoms with Gasteiger partial charge >= 0.3 is 6.03 Å². The van der Waals surface area contributed by atoms with Gasteiger partial charge < -0.3 is 20.1 Å². The molecule has 0 unspecified atom stereocenters. The van der Waals surface area contributed by atoms with Crippen molar-refractivity contribution in [2.45, 2.75) is 25.4 Å². The fraction of sp³-hybridized carbons (Fsp3) is 0.250. The smallest absolute Gasteiger partial charge is 0.325 e. The Labute approximate surface area is 165 Å². The summed E-state index contributed by atoms with van der Waals surface area (Å²) in [6.45, 7) is 0.231. The maximum atomic E-state index is 13.2. The average Bonchev–Trinajstić information content (AvgIpc) is 3.26. The zero-order valence-electron chi connectivity index (χ0n) is 15.3. The van der Waals surface area contributed by atoms with E-state index in [1.807, 2.05) is 0 Å². The highest BCUT2D eigenvalue weighted by Crippen LogP contribution is 2.33. The molecule has 2 aromatic carbocycles. The molecule has 29 heavy (non-hydrogen) atoms. The predicted octanol–water partition coefficient (Wildman–Crippen LogP) is 2.39. The van der Waals surface area contributed by atoms with Crippen molar-refractivity contribution in [2.75, 3.05) is 12.1 Å². The summed E-state index contributed by atoms with van der Waals surface area (Å²) in [7, 11) is 0. The number of urea groups is 1. The van der Waals surface area contributed by atoms with Crippen LogP contribution in [-0.4, -0.2) is 35.6 Å². The Hall–Kier alpha value is -3.62. The van der Waals surface area contributed by atoms with E-state index in [1.165, 1.54) is 18.2 Å². The number of anilines is 1. The predicted molar refractivity (Wildman–Crippen MR) is 99.7 cm³/mol. The van der Waals surface area contributed by atoms with Crippen LogP contribution in [0, 0.1) is 5.82 Å². The van der Waals surface area contributed by atoms with Gasteiger partial charge in [0.2, 0.25) is 12.7 Å². The highest BCUT2D eigenvalue weighted by molar-refractivity contribution is 6.04. The Bertz CT molecular complexity index is 980. The summed E-state index contributed by atoms with van der Waals surface area (Å²) < 4.78 is 23.7. The molecular weight excluding hydrogens is 381 g/mol. The number of carbonyl (C=O) groups excluding carboxylic acids is 3. The molecule has 0 aliphatic carbocycles. The van der Waals surface area contributed by atoms with Gasteiger partial charge in [-0.15, -0.1) is 0 Å². The van der Waals surface area contributed by atoms with Gasteiger partial charge in [0.1, 0.15) is 11.9 Å². The lowest BCUT2D eigenvalue weighted by Gasteiger charge is -2.13. The number of nitrogens with one attached hydrogen (secondary N) is 2. The summed E-state index contributed by atoms with van der Waals surface area (Å²) in [6, 6.07) is 9.44. The number of carbonyl (C=O) groups is 3. The molecule has 0 saturated carbocycles. The summed E-state index contributed by atoms with van der Waals surface area (Å²) >= 11 is 0. The molecule has 0 radical (unpaired) electrons. The molecule has 0 spiro atoms. The van der Waals surface area contributed by atoms with Crippen LogP contribution in [0.5, 0.6) is 11.5 Å². The van der Waals surface area contributed by atoms with Gasteiger partial charge in [-0.05, 0) is 42.3 Å². The molecule has 8 nitrogen and oxygen atoms in total. The van der Waals surface area contributed by atoms with Gasteiger partial charge in [-0.1, -0.05) is 12.1 Å². The number of rotatable bonds is 6. The second-order valence-corrected chi connectivity index (χ2v) is 6.71. The SMILES string of the molecule is O=C(CC[C@@H]1NC(=O)N(Cc2ccc3c(c2)OCO3)C1=O)Nc1cccc(F)c1. The second-order valence-electron chi connectivity index (χ2n) is 6.71. The molecule has 150 valence electrons. The zero-order chi connectivity index (χ0) is 20.4. The first kappa shape index (κ1) is 18.7. The number of imide groups is 1. The minimum absolute atomic E-state index is 0.00502. The lowest BCUT2D eigenvalue weighted by molar-refractivity contribution is -0.128. The van der Waals surface area contributed by atoms with Crippen LogP contribution in [0.4, 0.5) is 14.9 Å². The van der Waals surface area contributed by atoms with Crippen LogP contribution in [0.2, 0.25) is 0 Å². The van der Waals surface area contributed by atoms with Crippen molar-refractivity contribution < 1.29 is 28.2 Å². The number of ether oxygens (including phenoxy) is 2. The first-order valence-electron chi connectivity index (χ1n) is 9.05. The third-order valence-corrected chi connectivity index (χ3v) is 4.65. The quantitative estimate of drug-likeness (QED) is 0.727. The number of hydrogen-bond acceptors (Lipinski definition) is 5. The van der Waals surface area contributed by atoms with Crippen molar-refractivity contribution in [1.29, 1.82) is 0 Å². The van der Waals surface area contributed by atoms with Gasteiger partial charge in [0.25, 0.3) is 5.91 Å². The van der Waals surface area contributed by atoms with E-state index in [0.29, 0.717) is 17.2 Å². The van der Waals surface area contributed by atoms with Crippen LogP contribution >= 0.6 is 0 Å². The lowest BCUT2D eigenvalue weighted by atomic mass is 10.1. The molecule has 4 amide bonds. The van der Waals surface area contributed by atoms with Crippen LogP contribution in [0.3, 0.4) is 0 Å². The minimum atomic E-state index is -0.783. The third kappa shape index (κ3) is 4.13. The van der Waals surface area contributed by atoms with E-state index in [0.717, 1.165) is 10.5 Å². The van der Waals surface area contributed by atoms with Gasteiger partial charge in [0.15, 0.2) is 11.5 Å². The Balaban J connectivity index is 1.32. The summed E-state index contributed by atoms with van der Waals surface area (Å²) in [4.78, 5) is 37.9. The number of nitrogens with zero attached hydrogens (tertiary/aromatic N) is 1. The molecule has 4 rings (SSSR count). The van der Waals surface area contributed by atoms with Crippen LogP contribution in [0.25, 0.3) is 0 Å². The summed E-state index contributed by atoms with van der Waals surface area (Å²) in [6.07, 6.45) is 0.147. The standard InChI is InChI=1S/C20H18FN3O5/c21-13-2-1-3-14(9-13)22-18(25)7-5-15-19(26)24(20(27)23-15)10-12-4-6-16-17(8-12)29-11-28-16/h1-4,6,8-9,15H,5,7,10-11H2,(H,22,25)(H,23,27)/t15-/m0/s1. The van der Waals surface area contributed by atoms with Crippen molar-refractivity contribution in [3.63, 3.8) is 0 Å². The molecule has 0 bridgehead atoms. The molecule has 9 heteroatoms. The van der Waals surface area contributed by atoms with Crippen molar-refractivity contribution in [1.82, 2.24) is 10.2 Å². The summed E-state index contributed by atoms with van der Waals surface area (Å²) in [5.74, 6) is -0.0356. The third-order valence-electron chi connectivity index (χ3n) is 4.65. The van der Waals surface area contributed by atoms with E-state index in [2.05, 4.69) is 10.6 Å². The lowest BCUT2D eigenvalue weighted by Crippen LogP contribution is -2.31. The Morgan fingerprint density at radius 3 is 2.83 bits per heavy atom. The second kappa shape index (κ2) is 7.78. The number of halogens is 1. The van der Waals surface area contributed by atoms with Gasteiger partial charge in [-0.3, -0.25) is 14.5 Å². The molecule has 1 saturated heterocycles. The molecule has 1 fully saturated rings. The van der Waals surface area contributed by atoms with Gasteiger partial charge in [0, 0.05) is 12.1 Å². The summed E-state index contributed by atoms with van der Waals surface area (Å²) in [5, 5.41) is 5.16. The largest absolute Gasteiger partial charge is 0.454 e. The van der Waals surface area contributed by atoms with Crippen LogP contribution in [0.15, 0.2) is 42.5 Å². The Morgan fingerprint density at radius 1 is 1.17 bits per heavy atom. The van der Waals surface area contributed by atoms with E-state index in [4.69, 9.17) is 9.47 Å². The minimum Gasteiger partial charge on any atom is -0.454 e. The first-order chi connectivity index (χ1) is 14.0. The van der Waals surface area contributed by atoms with E-state index in [9.17, 15) is 18.8 Å². The Kier molecular flexibility index (Phi) is 5.03. The van der Waals surface area contributed by atoms with E-state index >= 15 is 0 Å². The number of hydrogen-bond donors (Lipinski definition) is 2. The van der Waals surface area contributed by atoms with Gasteiger partial charge in [-0.2, -0.15) is 0 Å². The monoisotopic (exact) mass is 399 g/mol. The maximum absolute atomic E-state index is 13.2. The highest BCUT2D eigenvalue weighted by Gasteiger charge is 2.38. The first-order valence-corrected chi connectivity index (χ1v) is 9.05. The Morgan fingerprint density at radius 2 is 2.00 bits per heavy atom. The fourth-order valence-electron chi connectivity index (χ4n) is 3.21. The van der Waals surface area contributed by atoms with Crippen LogP contribution in [0.1, 0.15) is 18.4 Å². The number of amides is 4.